The van der Waals surface area contributed by atoms with Crippen molar-refractivity contribution in [2.75, 3.05) is 76.6 Å². The Morgan fingerprint density at radius 3 is 2.20 bits per heavy atom. The minimum Gasteiger partial charge on any atom is -0.378 e. The maximum atomic E-state index is 14.2. The van der Waals surface area contributed by atoms with E-state index in [1.807, 2.05) is 0 Å². The van der Waals surface area contributed by atoms with Gasteiger partial charge in [0.15, 0.2) is 0 Å². The fourth-order valence-corrected chi connectivity index (χ4v) is 5.15. The average molecular weight is 715 g/mol. The number of rotatable bonds is 21. The highest BCUT2D eigenvalue weighted by Crippen LogP contribution is 2.29. The first-order chi connectivity index (χ1) is 21.6. The Labute approximate surface area is 269 Å². The third-order valence-electron chi connectivity index (χ3n) is 5.93. The minimum atomic E-state index is -3.79. The van der Waals surface area contributed by atoms with E-state index < -0.39 is 21.7 Å². The van der Waals surface area contributed by atoms with Crippen molar-refractivity contribution in [2.45, 2.75) is 11.8 Å². The number of anilines is 4. The molecule has 0 saturated heterocycles. The van der Waals surface area contributed by atoms with Crippen molar-refractivity contribution < 1.29 is 36.6 Å². The Hall–Kier alpha value is -3.29. The van der Waals surface area contributed by atoms with Crippen molar-refractivity contribution in [2.24, 2.45) is 11.5 Å². The zero-order valence-corrected chi connectivity index (χ0v) is 27.1. The molecule has 0 fully saturated rings. The van der Waals surface area contributed by atoms with Gasteiger partial charge in [-0.25, -0.2) is 22.5 Å². The highest BCUT2D eigenvalue weighted by Gasteiger charge is 2.17. The molecule has 0 saturated carbocycles. The molecule has 1 amide bonds. The topological polar surface area (TPSA) is 202 Å². The molecule has 45 heavy (non-hydrogen) atoms. The van der Waals surface area contributed by atoms with Crippen LogP contribution in [0.5, 0.6) is 0 Å². The number of carbonyl (C=O) groups is 1. The largest absolute Gasteiger partial charge is 0.378 e. The van der Waals surface area contributed by atoms with E-state index in [9.17, 15) is 17.6 Å². The molecule has 0 aliphatic carbocycles. The molecule has 17 heteroatoms. The molecule has 0 unspecified atom stereocenters. The van der Waals surface area contributed by atoms with Gasteiger partial charge in [0, 0.05) is 25.0 Å². The van der Waals surface area contributed by atoms with Crippen LogP contribution in [-0.4, -0.2) is 90.2 Å². The number of hydrogen-bond acceptors (Lipinski definition) is 12. The first-order valence-corrected chi connectivity index (χ1v) is 16.2. The number of aromatic nitrogens is 2. The third-order valence-corrected chi connectivity index (χ3v) is 7.97. The maximum absolute atomic E-state index is 14.2. The van der Waals surface area contributed by atoms with Gasteiger partial charge in [0.1, 0.15) is 11.6 Å². The van der Waals surface area contributed by atoms with Crippen LogP contribution in [0.1, 0.15) is 15.9 Å². The number of nitrogens with zero attached hydrogens (tertiary/aromatic N) is 2. The normalized spacial score (nSPS) is 11.5. The third kappa shape index (κ3) is 11.9. The molecule has 0 atom stereocenters. The van der Waals surface area contributed by atoms with Gasteiger partial charge in [-0.3, -0.25) is 4.79 Å². The molecular weight excluding hydrogens is 677 g/mol. The molecule has 7 N–H and O–H groups in total. The van der Waals surface area contributed by atoms with Gasteiger partial charge in [0.25, 0.3) is 5.91 Å². The summed E-state index contributed by atoms with van der Waals surface area (Å²) in [6.45, 7) is 5.43. The number of ether oxygens (including phenoxy) is 4. The van der Waals surface area contributed by atoms with Crippen molar-refractivity contribution >= 4 is 55.0 Å². The molecular formula is C28H37BrFN7O7S. The average Bonchev–Trinajstić information content (AvgIpc) is 2.99. The molecule has 0 spiro atoms. The lowest BCUT2D eigenvalue weighted by Crippen LogP contribution is -2.28. The number of amides is 1. The van der Waals surface area contributed by atoms with Crippen LogP contribution in [0.25, 0.3) is 0 Å². The quantitative estimate of drug-likeness (QED) is 0.101. The van der Waals surface area contributed by atoms with Crippen molar-refractivity contribution in [1.82, 2.24) is 14.7 Å². The molecule has 3 rings (SSSR count). The molecule has 14 nitrogen and oxygen atoms in total. The molecule has 0 radical (unpaired) electrons. The number of hydrogen-bond donors (Lipinski definition) is 5. The number of sulfonamides is 1. The number of carbonyl (C=O) groups excluding carboxylic acids is 1. The highest BCUT2D eigenvalue weighted by molar-refractivity contribution is 9.10. The van der Waals surface area contributed by atoms with Gasteiger partial charge in [-0.05, 0) is 58.7 Å². The van der Waals surface area contributed by atoms with E-state index in [1.54, 1.807) is 13.0 Å². The number of nitrogens with one attached hydrogen (secondary N) is 3. The standard InChI is InChI=1S/C28H37BrFN7O7S/c1-19-17-20(45(39,40)34-8-10-42-12-14-44-16-15-43-13-11-41-9-7-31)5-6-23(19)36-28-33-18-21(29)27(37-28)35-24-4-2-3-22(30)25(24)26(32)38/h2-6,17-18,34H,7-16,31H2,1H3,(H2,32,38)(H2,33,35,36,37). The summed E-state index contributed by atoms with van der Waals surface area (Å²) in [7, 11) is -3.79. The van der Waals surface area contributed by atoms with Gasteiger partial charge in [0.05, 0.1) is 73.5 Å². The predicted octanol–water partition coefficient (Wildman–Crippen LogP) is 2.58. The van der Waals surface area contributed by atoms with E-state index >= 15 is 0 Å². The fourth-order valence-electron chi connectivity index (χ4n) is 3.76. The Bertz CT molecular complexity index is 1520. The lowest BCUT2D eigenvalue weighted by atomic mass is 10.1. The smallest absolute Gasteiger partial charge is 0.253 e. The minimum absolute atomic E-state index is 0.0754. The SMILES string of the molecule is Cc1cc(S(=O)(=O)NCCOCCOCCOCCOCCN)ccc1Nc1ncc(Br)c(Nc2cccc(F)c2C(N)=O)n1. The monoisotopic (exact) mass is 713 g/mol. The number of nitrogens with two attached hydrogens (primary N) is 2. The summed E-state index contributed by atoms with van der Waals surface area (Å²) < 4.78 is 64.1. The first kappa shape index (κ1) is 36.2. The summed E-state index contributed by atoms with van der Waals surface area (Å²) in [4.78, 5) is 20.4. The van der Waals surface area contributed by atoms with Gasteiger partial charge < -0.3 is 41.0 Å². The van der Waals surface area contributed by atoms with Crippen LogP contribution in [0.4, 0.5) is 27.5 Å². The molecule has 2 aromatic carbocycles. The van der Waals surface area contributed by atoms with Gasteiger partial charge in [-0.2, -0.15) is 4.98 Å². The summed E-state index contributed by atoms with van der Waals surface area (Å²) in [6.07, 6.45) is 1.46. The Morgan fingerprint density at radius 2 is 1.58 bits per heavy atom. The number of halogens is 2. The van der Waals surface area contributed by atoms with Crippen molar-refractivity contribution in [3.63, 3.8) is 0 Å². The second-order valence-corrected chi connectivity index (χ2v) is 11.9. The number of primary amides is 1. The summed E-state index contributed by atoms with van der Waals surface area (Å²) in [5.41, 5.74) is 11.7. The van der Waals surface area contributed by atoms with Gasteiger partial charge >= 0.3 is 0 Å². The molecule has 3 aromatic rings. The van der Waals surface area contributed by atoms with E-state index in [1.165, 1.54) is 30.5 Å². The number of aryl methyl sites for hydroxylation is 1. The predicted molar refractivity (Wildman–Crippen MR) is 170 cm³/mol. The second kappa shape index (κ2) is 18.6. The summed E-state index contributed by atoms with van der Waals surface area (Å²) in [5.74, 6) is -1.30. The summed E-state index contributed by atoms with van der Waals surface area (Å²) in [5, 5.41) is 5.93. The summed E-state index contributed by atoms with van der Waals surface area (Å²) >= 11 is 3.33. The molecule has 1 heterocycles. The van der Waals surface area contributed by atoms with Crippen LogP contribution >= 0.6 is 15.9 Å². The van der Waals surface area contributed by atoms with Crippen LogP contribution in [0.2, 0.25) is 0 Å². The molecule has 0 aliphatic heterocycles. The van der Waals surface area contributed by atoms with Crippen molar-refractivity contribution in [1.29, 1.82) is 0 Å². The van der Waals surface area contributed by atoms with Crippen LogP contribution in [-0.2, 0) is 29.0 Å². The molecule has 0 bridgehead atoms. The van der Waals surface area contributed by atoms with E-state index in [0.29, 0.717) is 68.5 Å². The second-order valence-electron chi connectivity index (χ2n) is 9.28. The molecule has 1 aromatic heterocycles. The lowest BCUT2D eigenvalue weighted by molar-refractivity contribution is -0.000345. The van der Waals surface area contributed by atoms with E-state index in [0.717, 1.165) is 6.07 Å². The molecule has 0 aliphatic rings. The zero-order chi connectivity index (χ0) is 32.7. The van der Waals surface area contributed by atoms with Crippen LogP contribution < -0.4 is 26.8 Å². The number of benzene rings is 2. The Balaban J connectivity index is 1.46. The first-order valence-electron chi connectivity index (χ1n) is 13.9. The lowest BCUT2D eigenvalue weighted by Gasteiger charge is -2.14. The Kier molecular flexibility index (Phi) is 15.0. The van der Waals surface area contributed by atoms with E-state index in [4.69, 9.17) is 30.4 Å². The van der Waals surface area contributed by atoms with E-state index in [2.05, 4.69) is 41.3 Å². The van der Waals surface area contributed by atoms with Crippen LogP contribution in [0.15, 0.2) is 52.0 Å². The summed E-state index contributed by atoms with van der Waals surface area (Å²) in [6, 6.07) is 8.59. The van der Waals surface area contributed by atoms with E-state index in [-0.39, 0.29) is 41.1 Å². The Morgan fingerprint density at radius 1 is 0.933 bits per heavy atom. The molecule has 246 valence electrons. The van der Waals surface area contributed by atoms with Crippen LogP contribution in [0, 0.1) is 12.7 Å². The zero-order valence-electron chi connectivity index (χ0n) is 24.7. The van der Waals surface area contributed by atoms with Crippen molar-refractivity contribution in [3.05, 3.63) is 64.0 Å². The van der Waals surface area contributed by atoms with Crippen molar-refractivity contribution in [3.8, 4) is 0 Å². The maximum Gasteiger partial charge on any atom is 0.253 e. The van der Waals surface area contributed by atoms with Gasteiger partial charge in [0.2, 0.25) is 16.0 Å². The highest BCUT2D eigenvalue weighted by atomic mass is 79.9. The fraction of sp³-hybridized carbons (Fsp3) is 0.393. The van der Waals surface area contributed by atoms with Crippen LogP contribution in [0.3, 0.4) is 0 Å². The van der Waals surface area contributed by atoms with Gasteiger partial charge in [-0.15, -0.1) is 0 Å². The van der Waals surface area contributed by atoms with Gasteiger partial charge in [-0.1, -0.05) is 6.07 Å².